The van der Waals surface area contributed by atoms with E-state index in [9.17, 15) is 0 Å². The second-order valence-corrected chi connectivity index (χ2v) is 9.50. The van der Waals surface area contributed by atoms with E-state index in [1.165, 1.54) is 115 Å². The first-order valence-corrected chi connectivity index (χ1v) is 12.9. The summed E-state index contributed by atoms with van der Waals surface area (Å²) < 4.78 is 6.17. The van der Waals surface area contributed by atoms with Crippen molar-refractivity contribution < 1.29 is 4.74 Å². The Labute approximate surface area is 182 Å². The van der Waals surface area contributed by atoms with Gasteiger partial charge in [-0.3, -0.25) is 0 Å². The van der Waals surface area contributed by atoms with Crippen LogP contribution in [0.1, 0.15) is 122 Å². The molecule has 1 aromatic carbocycles. The zero-order valence-corrected chi connectivity index (χ0v) is 19.5. The Balaban J connectivity index is 1.56. The molecule has 0 heterocycles. The van der Waals surface area contributed by atoms with Crippen molar-refractivity contribution >= 4 is 0 Å². The zero-order chi connectivity index (χ0) is 20.6. The van der Waals surface area contributed by atoms with Crippen LogP contribution >= 0.6 is 0 Å². The Morgan fingerprint density at radius 1 is 0.759 bits per heavy atom. The first-order valence-electron chi connectivity index (χ1n) is 12.9. The van der Waals surface area contributed by atoms with Crippen molar-refractivity contribution in [2.75, 3.05) is 6.61 Å². The third-order valence-corrected chi connectivity index (χ3v) is 6.81. The van der Waals surface area contributed by atoms with Crippen LogP contribution in [0.5, 0.6) is 5.75 Å². The highest BCUT2D eigenvalue weighted by Gasteiger charge is 2.21. The maximum Gasteiger partial charge on any atom is 0.120 e. The van der Waals surface area contributed by atoms with E-state index < -0.39 is 0 Å². The van der Waals surface area contributed by atoms with Gasteiger partial charge in [-0.05, 0) is 61.3 Å². The highest BCUT2D eigenvalue weighted by atomic mass is 16.5. The van der Waals surface area contributed by atoms with Gasteiger partial charge in [-0.1, -0.05) is 103 Å². The summed E-state index contributed by atoms with van der Waals surface area (Å²) in [5.74, 6) is 2.78. The molecule has 0 N–H and O–H groups in total. The highest BCUT2D eigenvalue weighted by Crippen LogP contribution is 2.32. The number of aryl methyl sites for hydroxylation is 1. The molecule has 0 atom stereocenters. The van der Waals surface area contributed by atoms with Gasteiger partial charge in [0.25, 0.3) is 0 Å². The number of hydrogen-bond donors (Lipinski definition) is 0. The topological polar surface area (TPSA) is 9.23 Å². The molecule has 0 spiro atoms. The molecular formula is C28H47O. The van der Waals surface area contributed by atoms with Crippen LogP contribution in [0.15, 0.2) is 18.2 Å². The molecule has 1 nitrogen and oxygen atoms in total. The van der Waals surface area contributed by atoms with Crippen LogP contribution in [0, 0.1) is 17.9 Å². The Hall–Kier alpha value is -0.980. The molecule has 165 valence electrons. The summed E-state index contributed by atoms with van der Waals surface area (Å²) in [6.45, 7) is 5.47. The molecule has 1 aromatic rings. The number of hydrogen-bond acceptors (Lipinski definition) is 1. The summed E-state index contributed by atoms with van der Waals surface area (Å²) in [6.07, 6.45) is 23.5. The van der Waals surface area contributed by atoms with E-state index >= 15 is 0 Å². The molecule has 1 saturated carbocycles. The fourth-order valence-corrected chi connectivity index (χ4v) is 4.77. The molecule has 2 rings (SSSR count). The maximum atomic E-state index is 6.17. The molecule has 1 aliphatic carbocycles. The van der Waals surface area contributed by atoms with Crippen LogP contribution in [-0.2, 0) is 6.42 Å². The summed E-state index contributed by atoms with van der Waals surface area (Å²) in [7, 11) is 0. The Morgan fingerprint density at radius 2 is 1.38 bits per heavy atom. The van der Waals surface area contributed by atoms with Gasteiger partial charge in [-0.15, -0.1) is 0 Å². The monoisotopic (exact) mass is 399 g/mol. The maximum absolute atomic E-state index is 6.17. The number of unbranched alkanes of at least 4 members (excludes halogenated alkanes) is 9. The SMILES string of the molecule is CCCCCCCCC1CCC(COc2c[c]cc(CCCCCCC)c2)CC1. The van der Waals surface area contributed by atoms with E-state index in [1.807, 2.05) is 6.07 Å². The van der Waals surface area contributed by atoms with E-state index in [-0.39, 0.29) is 0 Å². The largest absolute Gasteiger partial charge is 0.493 e. The average Bonchev–Trinajstić information content (AvgIpc) is 2.76. The van der Waals surface area contributed by atoms with Crippen LogP contribution < -0.4 is 4.74 Å². The lowest BCUT2D eigenvalue weighted by molar-refractivity contribution is 0.177. The van der Waals surface area contributed by atoms with Crippen molar-refractivity contribution in [3.8, 4) is 5.75 Å². The molecule has 1 fully saturated rings. The molecule has 1 heteroatoms. The second-order valence-electron chi connectivity index (χ2n) is 9.50. The molecule has 0 saturated heterocycles. The fraction of sp³-hybridized carbons (Fsp3) is 0.786. The van der Waals surface area contributed by atoms with Crippen LogP contribution in [0.25, 0.3) is 0 Å². The van der Waals surface area contributed by atoms with Gasteiger partial charge in [0.2, 0.25) is 0 Å². The quantitative estimate of drug-likeness (QED) is 0.252. The summed E-state index contributed by atoms with van der Waals surface area (Å²) in [6, 6.07) is 9.70. The van der Waals surface area contributed by atoms with Gasteiger partial charge in [0, 0.05) is 0 Å². The van der Waals surface area contributed by atoms with Crippen molar-refractivity contribution in [2.24, 2.45) is 11.8 Å². The molecule has 0 unspecified atom stereocenters. The molecule has 29 heavy (non-hydrogen) atoms. The highest BCUT2D eigenvalue weighted by molar-refractivity contribution is 5.27. The zero-order valence-electron chi connectivity index (χ0n) is 19.5. The summed E-state index contributed by atoms with van der Waals surface area (Å²) in [5.41, 5.74) is 1.39. The predicted molar refractivity (Wildman–Crippen MR) is 127 cm³/mol. The van der Waals surface area contributed by atoms with E-state index in [2.05, 4.69) is 32.0 Å². The van der Waals surface area contributed by atoms with Crippen molar-refractivity contribution in [1.82, 2.24) is 0 Å². The lowest BCUT2D eigenvalue weighted by Crippen LogP contribution is -2.20. The van der Waals surface area contributed by atoms with Gasteiger partial charge < -0.3 is 4.74 Å². The standard InChI is InChI=1S/C28H47O/c1-3-5-7-9-11-12-15-25-19-21-27(22-20-25)24-29-28-18-14-17-26(23-28)16-13-10-8-6-4-2/h17-18,23,25,27H,3-13,15-16,19-22,24H2,1-2H3. The van der Waals surface area contributed by atoms with Gasteiger partial charge in [0.1, 0.15) is 5.75 Å². The average molecular weight is 400 g/mol. The van der Waals surface area contributed by atoms with Crippen LogP contribution in [0.2, 0.25) is 0 Å². The van der Waals surface area contributed by atoms with Crippen molar-refractivity contribution in [2.45, 2.75) is 123 Å². The Bertz CT molecular complexity index is 501. The van der Waals surface area contributed by atoms with Gasteiger partial charge >= 0.3 is 0 Å². The minimum absolute atomic E-state index is 0.758. The van der Waals surface area contributed by atoms with Crippen LogP contribution in [0.4, 0.5) is 0 Å². The van der Waals surface area contributed by atoms with Crippen molar-refractivity contribution in [3.63, 3.8) is 0 Å². The van der Waals surface area contributed by atoms with Gasteiger partial charge in [-0.2, -0.15) is 0 Å². The van der Waals surface area contributed by atoms with Gasteiger partial charge in [0.05, 0.1) is 6.61 Å². The molecule has 0 aliphatic heterocycles. The lowest BCUT2D eigenvalue weighted by Gasteiger charge is -2.28. The number of rotatable bonds is 16. The second kappa shape index (κ2) is 15.8. The first kappa shape index (κ1) is 24.3. The normalized spacial score (nSPS) is 19.4. The lowest BCUT2D eigenvalue weighted by atomic mass is 9.80. The molecule has 0 bridgehead atoms. The van der Waals surface area contributed by atoms with E-state index in [0.29, 0.717) is 0 Å². The van der Waals surface area contributed by atoms with Crippen LogP contribution in [0.3, 0.4) is 0 Å². The fourth-order valence-electron chi connectivity index (χ4n) is 4.77. The Morgan fingerprint density at radius 3 is 2.10 bits per heavy atom. The number of ether oxygens (including phenoxy) is 1. The molecule has 1 radical (unpaired) electrons. The first-order chi connectivity index (χ1) is 14.3. The smallest absolute Gasteiger partial charge is 0.120 e. The van der Waals surface area contributed by atoms with Crippen LogP contribution in [-0.4, -0.2) is 6.61 Å². The molecular weight excluding hydrogens is 352 g/mol. The number of benzene rings is 1. The van der Waals surface area contributed by atoms with E-state index in [1.54, 1.807) is 0 Å². The van der Waals surface area contributed by atoms with E-state index in [0.717, 1.165) is 24.2 Å². The van der Waals surface area contributed by atoms with Gasteiger partial charge in [-0.25, -0.2) is 0 Å². The summed E-state index contributed by atoms with van der Waals surface area (Å²) >= 11 is 0. The molecule has 1 aliphatic rings. The third-order valence-electron chi connectivity index (χ3n) is 6.81. The minimum Gasteiger partial charge on any atom is -0.493 e. The summed E-state index contributed by atoms with van der Waals surface area (Å²) in [5, 5.41) is 0. The van der Waals surface area contributed by atoms with Crippen molar-refractivity contribution in [1.29, 1.82) is 0 Å². The Kier molecular flexibility index (Phi) is 13.2. The minimum atomic E-state index is 0.758. The molecule has 0 aromatic heterocycles. The third kappa shape index (κ3) is 11.1. The van der Waals surface area contributed by atoms with E-state index in [4.69, 9.17) is 4.74 Å². The van der Waals surface area contributed by atoms with Crippen molar-refractivity contribution in [3.05, 3.63) is 29.8 Å². The van der Waals surface area contributed by atoms with Gasteiger partial charge in [0.15, 0.2) is 0 Å². The summed E-state index contributed by atoms with van der Waals surface area (Å²) in [4.78, 5) is 0. The molecule has 0 amide bonds. The predicted octanol–water partition coefficient (Wildman–Crippen LogP) is 8.94.